The summed E-state index contributed by atoms with van der Waals surface area (Å²) in [6, 6.07) is 0.356. The summed E-state index contributed by atoms with van der Waals surface area (Å²) < 4.78 is 0. The number of rotatable bonds is 4. The van der Waals surface area contributed by atoms with E-state index in [1.54, 1.807) is 0 Å². The number of carbonyl (C=O) groups excluding carboxylic acids is 1. The third-order valence-corrected chi connectivity index (χ3v) is 3.12. The van der Waals surface area contributed by atoms with Gasteiger partial charge in [0.05, 0.1) is 0 Å². The number of nitrogens with zero attached hydrogens (tertiary/aromatic N) is 1. The maximum Gasteiger partial charge on any atom is 0.226 e. The van der Waals surface area contributed by atoms with Crippen molar-refractivity contribution < 1.29 is 4.79 Å². The van der Waals surface area contributed by atoms with Crippen molar-refractivity contribution in [1.82, 2.24) is 10.2 Å². The normalized spacial score (nSPS) is 24.8. The van der Waals surface area contributed by atoms with Crippen molar-refractivity contribution in [3.63, 3.8) is 0 Å². The molecule has 1 fully saturated rings. The van der Waals surface area contributed by atoms with Gasteiger partial charge >= 0.3 is 0 Å². The maximum absolute atomic E-state index is 12.0. The maximum atomic E-state index is 12.0. The quantitative estimate of drug-likeness (QED) is 0.733. The highest BCUT2D eigenvalue weighted by atomic mass is 16.2. The third-order valence-electron chi connectivity index (χ3n) is 3.12. The lowest BCUT2D eigenvalue weighted by Gasteiger charge is -2.22. The first-order valence-electron chi connectivity index (χ1n) is 5.53. The molecule has 3 heteroatoms. The zero-order valence-electron chi connectivity index (χ0n) is 9.71. The lowest BCUT2D eigenvalue weighted by atomic mass is 9.92. The Kier molecular flexibility index (Phi) is 3.93. The van der Waals surface area contributed by atoms with Crippen molar-refractivity contribution in [1.29, 1.82) is 0 Å². The Hall–Kier alpha value is -0.570. The van der Waals surface area contributed by atoms with Gasteiger partial charge in [-0.15, -0.1) is 0 Å². The lowest BCUT2D eigenvalue weighted by Crippen LogP contribution is -2.36. The van der Waals surface area contributed by atoms with E-state index >= 15 is 0 Å². The fraction of sp³-hybridized carbons (Fsp3) is 0.909. The van der Waals surface area contributed by atoms with Gasteiger partial charge in [0.25, 0.3) is 0 Å². The molecule has 2 unspecified atom stereocenters. The second-order valence-corrected chi connectivity index (χ2v) is 4.56. The summed E-state index contributed by atoms with van der Waals surface area (Å²) in [6.07, 6.45) is 1.03. The zero-order valence-corrected chi connectivity index (χ0v) is 9.71. The molecule has 3 nitrogen and oxygen atoms in total. The number of amides is 1. The highest BCUT2D eigenvalue weighted by Gasteiger charge is 2.35. The van der Waals surface area contributed by atoms with Crippen LogP contribution in [0.25, 0.3) is 0 Å². The molecule has 0 radical (unpaired) electrons. The van der Waals surface area contributed by atoms with E-state index in [9.17, 15) is 4.79 Å². The second-order valence-electron chi connectivity index (χ2n) is 4.56. The molecule has 0 saturated carbocycles. The van der Waals surface area contributed by atoms with Gasteiger partial charge in [0.15, 0.2) is 0 Å². The van der Waals surface area contributed by atoms with E-state index in [1.807, 2.05) is 11.9 Å². The van der Waals surface area contributed by atoms with E-state index in [1.165, 1.54) is 0 Å². The van der Waals surface area contributed by atoms with E-state index in [0.29, 0.717) is 17.9 Å². The molecule has 0 aromatic rings. The van der Waals surface area contributed by atoms with Gasteiger partial charge in [0.2, 0.25) is 5.91 Å². The number of hydrogen-bond acceptors (Lipinski definition) is 2. The highest BCUT2D eigenvalue weighted by molar-refractivity contribution is 5.81. The summed E-state index contributed by atoms with van der Waals surface area (Å²) in [6.45, 7) is 8.20. The molecular weight excluding hydrogens is 176 g/mol. The van der Waals surface area contributed by atoms with Crippen LogP contribution in [0.3, 0.4) is 0 Å². The Morgan fingerprint density at radius 2 is 2.14 bits per heavy atom. The zero-order chi connectivity index (χ0) is 10.7. The molecule has 1 amide bonds. The number of carbonyl (C=O) groups is 1. The molecule has 0 aromatic heterocycles. The van der Waals surface area contributed by atoms with E-state index in [-0.39, 0.29) is 5.92 Å². The molecule has 1 aliphatic heterocycles. The van der Waals surface area contributed by atoms with Crippen LogP contribution >= 0.6 is 0 Å². The Balaban J connectivity index is 2.55. The molecule has 0 aromatic carbocycles. The second kappa shape index (κ2) is 4.78. The Bertz CT molecular complexity index is 203. The predicted octanol–water partition coefficient (Wildman–Crippen LogP) is 1.10. The molecule has 2 atom stereocenters. The SMILES string of the molecule is CNCC(C)C1CCN(C(C)C)C1=O. The molecule has 0 aliphatic carbocycles. The molecule has 1 heterocycles. The van der Waals surface area contributed by atoms with E-state index in [4.69, 9.17) is 0 Å². The molecule has 1 N–H and O–H groups in total. The van der Waals surface area contributed by atoms with Gasteiger partial charge in [-0.1, -0.05) is 6.92 Å². The van der Waals surface area contributed by atoms with E-state index in [0.717, 1.165) is 19.5 Å². The van der Waals surface area contributed by atoms with E-state index < -0.39 is 0 Å². The highest BCUT2D eigenvalue weighted by Crippen LogP contribution is 2.26. The van der Waals surface area contributed by atoms with Crippen LogP contribution in [0.2, 0.25) is 0 Å². The first kappa shape index (κ1) is 11.5. The van der Waals surface area contributed by atoms with Crippen molar-refractivity contribution in [3.05, 3.63) is 0 Å². The average Bonchev–Trinajstić information content (AvgIpc) is 2.47. The fourth-order valence-electron chi connectivity index (χ4n) is 2.23. The van der Waals surface area contributed by atoms with Gasteiger partial charge in [0, 0.05) is 18.5 Å². The molecule has 0 bridgehead atoms. The number of nitrogens with one attached hydrogen (secondary N) is 1. The van der Waals surface area contributed by atoms with Gasteiger partial charge < -0.3 is 10.2 Å². The minimum Gasteiger partial charge on any atom is -0.340 e. The van der Waals surface area contributed by atoms with Gasteiger partial charge in [-0.25, -0.2) is 0 Å². The van der Waals surface area contributed by atoms with Crippen molar-refractivity contribution >= 4 is 5.91 Å². The Morgan fingerprint density at radius 1 is 1.50 bits per heavy atom. The summed E-state index contributed by atoms with van der Waals surface area (Å²) in [4.78, 5) is 14.0. The fourth-order valence-corrected chi connectivity index (χ4v) is 2.23. The van der Waals surface area contributed by atoms with Gasteiger partial charge in [-0.05, 0) is 39.8 Å². The summed E-state index contributed by atoms with van der Waals surface area (Å²) in [5, 5.41) is 3.14. The Labute approximate surface area is 86.9 Å². The minimum absolute atomic E-state index is 0.241. The molecule has 1 aliphatic rings. The van der Waals surface area contributed by atoms with Crippen LogP contribution in [0.15, 0.2) is 0 Å². The van der Waals surface area contributed by atoms with Crippen LogP contribution < -0.4 is 5.32 Å². The third kappa shape index (κ3) is 2.27. The molecule has 1 saturated heterocycles. The predicted molar refractivity (Wildman–Crippen MR) is 58.0 cm³/mol. The summed E-state index contributed by atoms with van der Waals surface area (Å²) >= 11 is 0. The van der Waals surface area contributed by atoms with E-state index in [2.05, 4.69) is 26.1 Å². The van der Waals surface area contributed by atoms with Gasteiger partial charge in [-0.2, -0.15) is 0 Å². The van der Waals surface area contributed by atoms with Crippen LogP contribution in [-0.4, -0.2) is 37.0 Å². The number of hydrogen-bond donors (Lipinski definition) is 1. The molecule has 0 spiro atoms. The van der Waals surface area contributed by atoms with Crippen LogP contribution in [-0.2, 0) is 4.79 Å². The first-order chi connectivity index (χ1) is 6.57. The summed E-state index contributed by atoms with van der Waals surface area (Å²) in [7, 11) is 1.94. The minimum atomic E-state index is 0.241. The number of likely N-dealkylation sites (tertiary alicyclic amines) is 1. The lowest BCUT2D eigenvalue weighted by molar-refractivity contribution is -0.133. The van der Waals surface area contributed by atoms with Crippen LogP contribution in [0.1, 0.15) is 27.2 Å². The molecule has 1 rings (SSSR count). The molecule has 14 heavy (non-hydrogen) atoms. The largest absolute Gasteiger partial charge is 0.340 e. The van der Waals surface area contributed by atoms with Gasteiger partial charge in [-0.3, -0.25) is 4.79 Å². The standard InChI is InChI=1S/C11H22N2O/c1-8(2)13-6-5-10(11(13)14)9(3)7-12-4/h8-10,12H,5-7H2,1-4H3. The molecular formula is C11H22N2O. The van der Waals surface area contributed by atoms with Gasteiger partial charge in [0.1, 0.15) is 0 Å². The first-order valence-corrected chi connectivity index (χ1v) is 5.53. The Morgan fingerprint density at radius 3 is 2.57 bits per heavy atom. The summed E-state index contributed by atoms with van der Waals surface area (Å²) in [5.41, 5.74) is 0. The average molecular weight is 198 g/mol. The molecule has 82 valence electrons. The topological polar surface area (TPSA) is 32.3 Å². The van der Waals surface area contributed by atoms with Crippen molar-refractivity contribution in [2.75, 3.05) is 20.1 Å². The van der Waals surface area contributed by atoms with Crippen LogP contribution in [0, 0.1) is 11.8 Å². The smallest absolute Gasteiger partial charge is 0.226 e. The van der Waals surface area contributed by atoms with Crippen molar-refractivity contribution in [2.24, 2.45) is 11.8 Å². The van der Waals surface area contributed by atoms with Crippen LogP contribution in [0.4, 0.5) is 0 Å². The van der Waals surface area contributed by atoms with Crippen molar-refractivity contribution in [3.8, 4) is 0 Å². The summed E-state index contributed by atoms with van der Waals surface area (Å²) in [5.74, 6) is 1.05. The van der Waals surface area contributed by atoms with Crippen molar-refractivity contribution in [2.45, 2.75) is 33.2 Å². The van der Waals surface area contributed by atoms with Crippen LogP contribution in [0.5, 0.6) is 0 Å². The monoisotopic (exact) mass is 198 g/mol.